The summed E-state index contributed by atoms with van der Waals surface area (Å²) in [7, 11) is 0. The van der Waals surface area contributed by atoms with E-state index in [-0.39, 0.29) is 5.69 Å². The number of anilines is 1. The molecule has 94 valence electrons. The second-order valence-corrected chi connectivity index (χ2v) is 5.00. The Morgan fingerprint density at radius 3 is 2.39 bits per heavy atom. The Labute approximate surface area is 113 Å². The predicted octanol–water partition coefficient (Wildman–Crippen LogP) is 4.65. The molecule has 1 N–H and O–H groups in total. The summed E-state index contributed by atoms with van der Waals surface area (Å²) in [4.78, 5) is 0. The first-order valence-corrected chi connectivity index (χ1v) is 6.29. The van der Waals surface area contributed by atoms with Gasteiger partial charge in [0.05, 0.1) is 0 Å². The van der Waals surface area contributed by atoms with Crippen LogP contribution in [0.2, 0.25) is 0 Å². The minimum Gasteiger partial charge on any atom is -0.376 e. The van der Waals surface area contributed by atoms with Gasteiger partial charge in [-0.1, -0.05) is 45.8 Å². The van der Waals surface area contributed by atoms with Crippen molar-refractivity contribution in [2.75, 3.05) is 5.32 Å². The summed E-state index contributed by atoms with van der Waals surface area (Å²) in [5, 5.41) is 2.78. The lowest BCUT2D eigenvalue weighted by molar-refractivity contribution is 0.586. The van der Waals surface area contributed by atoms with Crippen LogP contribution in [-0.4, -0.2) is 0 Å². The molecule has 18 heavy (non-hydrogen) atoms. The fraction of sp³-hybridized carbons (Fsp3) is 0.143. The maximum atomic E-state index is 13.6. The average Bonchev–Trinajstić information content (AvgIpc) is 2.27. The van der Waals surface area contributed by atoms with Gasteiger partial charge in [-0.2, -0.15) is 0 Å². The van der Waals surface area contributed by atoms with Crippen molar-refractivity contribution >= 4 is 21.6 Å². The summed E-state index contributed by atoms with van der Waals surface area (Å²) in [5.41, 5.74) is 2.00. The molecule has 0 bridgehead atoms. The van der Waals surface area contributed by atoms with Crippen molar-refractivity contribution in [1.29, 1.82) is 0 Å². The highest BCUT2D eigenvalue weighted by Gasteiger charge is 2.09. The smallest absolute Gasteiger partial charge is 0.150 e. The third kappa shape index (κ3) is 3.07. The largest absolute Gasteiger partial charge is 0.376 e. The third-order valence-electron chi connectivity index (χ3n) is 2.56. The van der Waals surface area contributed by atoms with E-state index in [1.165, 1.54) is 12.1 Å². The molecule has 0 fully saturated rings. The summed E-state index contributed by atoms with van der Waals surface area (Å²) in [6.07, 6.45) is 0. The molecule has 0 aliphatic heterocycles. The zero-order chi connectivity index (χ0) is 13.1. The van der Waals surface area contributed by atoms with Crippen molar-refractivity contribution in [2.45, 2.75) is 13.5 Å². The molecule has 0 aromatic heterocycles. The second kappa shape index (κ2) is 5.48. The quantitative estimate of drug-likeness (QED) is 0.870. The first-order valence-electron chi connectivity index (χ1n) is 5.50. The molecule has 2 rings (SSSR count). The predicted molar refractivity (Wildman–Crippen MR) is 72.6 cm³/mol. The topological polar surface area (TPSA) is 12.0 Å². The van der Waals surface area contributed by atoms with Crippen molar-refractivity contribution in [3.8, 4) is 0 Å². The van der Waals surface area contributed by atoms with E-state index in [1.807, 2.05) is 31.2 Å². The molecule has 0 atom stereocenters. The summed E-state index contributed by atoms with van der Waals surface area (Å²) in [6.45, 7) is 2.36. The summed E-state index contributed by atoms with van der Waals surface area (Å²) in [6, 6.07) is 10.3. The van der Waals surface area contributed by atoms with Crippen LogP contribution in [0.3, 0.4) is 0 Å². The highest BCUT2D eigenvalue weighted by molar-refractivity contribution is 9.10. The molecule has 0 aliphatic rings. The Balaban J connectivity index is 2.16. The normalized spacial score (nSPS) is 10.4. The molecule has 0 aliphatic carbocycles. The second-order valence-electron chi connectivity index (χ2n) is 4.09. The summed E-state index contributed by atoms with van der Waals surface area (Å²) >= 11 is 3.04. The number of nitrogens with one attached hydrogen (secondary N) is 1. The number of benzene rings is 2. The van der Waals surface area contributed by atoms with Crippen molar-refractivity contribution in [2.24, 2.45) is 0 Å². The lowest BCUT2D eigenvalue weighted by atomic mass is 10.1. The van der Waals surface area contributed by atoms with Gasteiger partial charge in [-0.05, 0) is 24.6 Å². The van der Waals surface area contributed by atoms with Crippen LogP contribution in [0, 0.1) is 18.6 Å². The average molecular weight is 312 g/mol. The Morgan fingerprint density at radius 1 is 1.11 bits per heavy atom. The lowest BCUT2D eigenvalue weighted by Gasteiger charge is -2.09. The van der Waals surface area contributed by atoms with Gasteiger partial charge in [-0.3, -0.25) is 0 Å². The van der Waals surface area contributed by atoms with Gasteiger partial charge in [0.15, 0.2) is 0 Å². The van der Waals surface area contributed by atoms with Crippen LogP contribution < -0.4 is 5.32 Å². The number of hydrogen-bond acceptors (Lipinski definition) is 1. The van der Waals surface area contributed by atoms with Crippen LogP contribution >= 0.6 is 15.9 Å². The molecule has 0 unspecified atom stereocenters. The molecule has 0 radical (unpaired) electrons. The van der Waals surface area contributed by atoms with Crippen molar-refractivity contribution in [3.05, 3.63) is 63.6 Å². The van der Waals surface area contributed by atoms with E-state index < -0.39 is 11.6 Å². The minimum atomic E-state index is -0.602. The van der Waals surface area contributed by atoms with E-state index in [9.17, 15) is 8.78 Å². The molecule has 0 saturated heterocycles. The van der Waals surface area contributed by atoms with Gasteiger partial charge in [0.2, 0.25) is 0 Å². The Bertz CT molecular complexity index is 546. The van der Waals surface area contributed by atoms with E-state index in [0.717, 1.165) is 11.1 Å². The van der Waals surface area contributed by atoms with Gasteiger partial charge in [0.1, 0.15) is 17.3 Å². The fourth-order valence-electron chi connectivity index (χ4n) is 1.72. The van der Waals surface area contributed by atoms with Crippen LogP contribution in [0.1, 0.15) is 11.1 Å². The molecular formula is C14H12BrF2N. The highest BCUT2D eigenvalue weighted by atomic mass is 79.9. The lowest BCUT2D eigenvalue weighted by Crippen LogP contribution is -2.04. The van der Waals surface area contributed by atoms with Crippen LogP contribution in [0.15, 0.2) is 40.9 Å². The van der Waals surface area contributed by atoms with E-state index in [2.05, 4.69) is 21.2 Å². The zero-order valence-electron chi connectivity index (χ0n) is 9.81. The van der Waals surface area contributed by atoms with E-state index >= 15 is 0 Å². The molecular weight excluding hydrogens is 300 g/mol. The van der Waals surface area contributed by atoms with Crippen LogP contribution in [0.5, 0.6) is 0 Å². The number of rotatable bonds is 3. The van der Waals surface area contributed by atoms with Gasteiger partial charge in [-0.25, -0.2) is 8.78 Å². The summed E-state index contributed by atoms with van der Waals surface area (Å²) < 4.78 is 27.5. The van der Waals surface area contributed by atoms with Gasteiger partial charge < -0.3 is 5.32 Å². The Morgan fingerprint density at radius 2 is 1.78 bits per heavy atom. The van der Waals surface area contributed by atoms with E-state index in [4.69, 9.17) is 0 Å². The first-order chi connectivity index (χ1) is 8.56. The van der Waals surface area contributed by atoms with E-state index in [1.54, 1.807) is 0 Å². The van der Waals surface area contributed by atoms with Crippen molar-refractivity contribution < 1.29 is 8.78 Å². The number of halogens is 3. The van der Waals surface area contributed by atoms with Crippen LogP contribution in [0.25, 0.3) is 0 Å². The highest BCUT2D eigenvalue weighted by Crippen LogP contribution is 2.24. The molecule has 1 nitrogen and oxygen atoms in total. The maximum absolute atomic E-state index is 13.6. The van der Waals surface area contributed by atoms with Gasteiger partial charge in [0.25, 0.3) is 0 Å². The zero-order valence-corrected chi connectivity index (χ0v) is 11.4. The Hall–Kier alpha value is -1.42. The fourth-order valence-corrected chi connectivity index (χ4v) is 2.13. The standard InChI is InChI=1S/C14H12BrF2N/c1-9-3-2-4-10(5-9)8-18-14-12(16)6-11(15)7-13(14)17/h2-7,18H,8H2,1H3. The number of aryl methyl sites for hydroxylation is 1. The van der Waals surface area contributed by atoms with Crippen molar-refractivity contribution in [1.82, 2.24) is 0 Å². The number of hydrogen-bond donors (Lipinski definition) is 1. The maximum Gasteiger partial charge on any atom is 0.150 e. The minimum absolute atomic E-state index is 0.0975. The van der Waals surface area contributed by atoms with E-state index in [0.29, 0.717) is 11.0 Å². The SMILES string of the molecule is Cc1cccc(CNc2c(F)cc(Br)cc2F)c1. The molecule has 0 spiro atoms. The molecule has 4 heteroatoms. The van der Waals surface area contributed by atoms with Gasteiger partial charge in [0, 0.05) is 11.0 Å². The first kappa shape index (κ1) is 13.0. The molecule has 0 heterocycles. The van der Waals surface area contributed by atoms with Gasteiger partial charge >= 0.3 is 0 Å². The van der Waals surface area contributed by atoms with Crippen LogP contribution in [-0.2, 0) is 6.54 Å². The molecule has 0 amide bonds. The third-order valence-corrected chi connectivity index (χ3v) is 3.02. The Kier molecular flexibility index (Phi) is 3.97. The van der Waals surface area contributed by atoms with Gasteiger partial charge in [-0.15, -0.1) is 0 Å². The molecule has 2 aromatic carbocycles. The molecule has 2 aromatic rings. The van der Waals surface area contributed by atoms with Crippen molar-refractivity contribution in [3.63, 3.8) is 0 Å². The van der Waals surface area contributed by atoms with Crippen LogP contribution in [0.4, 0.5) is 14.5 Å². The summed E-state index contributed by atoms with van der Waals surface area (Å²) in [5.74, 6) is -1.20. The molecule has 0 saturated carbocycles. The monoisotopic (exact) mass is 311 g/mol.